The number of nitrogens with one attached hydrogen (secondary N) is 1. The molecule has 1 saturated carbocycles. The van der Waals surface area contributed by atoms with Crippen LogP contribution in [0.4, 0.5) is 0 Å². The molecule has 0 saturated heterocycles. The number of hydrogen-bond donors (Lipinski definition) is 1. The Labute approximate surface area is 151 Å². The lowest BCUT2D eigenvalue weighted by molar-refractivity contribution is 0.385. The molecule has 1 N–H and O–H groups in total. The van der Waals surface area contributed by atoms with E-state index < -0.39 is 0 Å². The zero-order chi connectivity index (χ0) is 16.8. The first kappa shape index (κ1) is 15.5. The normalized spacial score (nSPS) is 24.7. The predicted molar refractivity (Wildman–Crippen MR) is 102 cm³/mol. The predicted octanol–water partition coefficient (Wildman–Crippen LogP) is 3.79. The van der Waals surface area contributed by atoms with E-state index in [1.807, 2.05) is 0 Å². The molecular formula is C20H22N2O2S. The number of aliphatic imine (C=N–C) groups is 1. The Bertz CT molecular complexity index is 918. The average Bonchev–Trinajstić information content (AvgIpc) is 3.23. The molecule has 130 valence electrons. The van der Waals surface area contributed by atoms with Gasteiger partial charge >= 0.3 is 5.63 Å². The first-order valence-corrected chi connectivity index (χ1v) is 10.3. The molecule has 1 fully saturated rings. The Morgan fingerprint density at radius 1 is 1.12 bits per heavy atom. The summed E-state index contributed by atoms with van der Waals surface area (Å²) in [5.41, 5.74) is 4.29. The Kier molecular flexibility index (Phi) is 3.85. The summed E-state index contributed by atoms with van der Waals surface area (Å²) in [7, 11) is 0. The van der Waals surface area contributed by atoms with Crippen molar-refractivity contribution >= 4 is 27.9 Å². The van der Waals surface area contributed by atoms with Crippen LogP contribution < -0.4 is 10.9 Å². The van der Waals surface area contributed by atoms with Crippen molar-refractivity contribution in [2.75, 3.05) is 0 Å². The Morgan fingerprint density at radius 3 is 2.84 bits per heavy atom. The van der Waals surface area contributed by atoms with Crippen LogP contribution >= 0.6 is 11.8 Å². The van der Waals surface area contributed by atoms with E-state index in [0.717, 1.165) is 40.3 Å². The van der Waals surface area contributed by atoms with Gasteiger partial charge in [0.1, 0.15) is 5.58 Å². The molecule has 1 aromatic carbocycles. The molecule has 1 aromatic heterocycles. The van der Waals surface area contributed by atoms with Gasteiger partial charge in [-0.3, -0.25) is 4.99 Å². The fourth-order valence-electron chi connectivity index (χ4n) is 4.42. The fraction of sp³-hybridized carbons (Fsp3) is 0.500. The lowest BCUT2D eigenvalue weighted by Gasteiger charge is -2.23. The van der Waals surface area contributed by atoms with Crippen LogP contribution in [0, 0.1) is 0 Å². The molecule has 0 radical (unpaired) electrons. The van der Waals surface area contributed by atoms with E-state index in [-0.39, 0.29) is 5.63 Å². The summed E-state index contributed by atoms with van der Waals surface area (Å²) in [6.45, 7) is 0. The molecule has 25 heavy (non-hydrogen) atoms. The molecule has 0 unspecified atom stereocenters. The van der Waals surface area contributed by atoms with Crippen LogP contribution in [0.2, 0.25) is 0 Å². The van der Waals surface area contributed by atoms with Crippen molar-refractivity contribution in [3.63, 3.8) is 0 Å². The van der Waals surface area contributed by atoms with Gasteiger partial charge in [0.2, 0.25) is 0 Å². The second kappa shape index (κ2) is 6.20. The number of nitrogens with zero attached hydrogens (tertiary/aromatic N) is 1. The lowest BCUT2D eigenvalue weighted by Crippen LogP contribution is -2.36. The summed E-state index contributed by atoms with van der Waals surface area (Å²) < 4.78 is 5.47. The monoisotopic (exact) mass is 354 g/mol. The standard InChI is InChI=1S/C20H22N2O2S/c23-19-10-14(11-25-20-21-16-6-1-2-7-17(16)22-20)15-8-12-4-3-5-13(12)9-18(15)24-19/h8-10,16-17H,1-7,11H2,(H,21,22)/t16-,17-/m1/s1. The summed E-state index contributed by atoms with van der Waals surface area (Å²) in [6, 6.07) is 6.95. The maximum absolute atomic E-state index is 12.0. The molecule has 5 rings (SSSR count). The minimum atomic E-state index is -0.254. The van der Waals surface area contributed by atoms with Crippen LogP contribution in [0.15, 0.2) is 32.4 Å². The lowest BCUT2D eigenvalue weighted by atomic mass is 9.92. The largest absolute Gasteiger partial charge is 0.423 e. The van der Waals surface area contributed by atoms with Gasteiger partial charge in [-0.2, -0.15) is 0 Å². The zero-order valence-corrected chi connectivity index (χ0v) is 15.0. The number of thioether (sulfide) groups is 1. The summed E-state index contributed by atoms with van der Waals surface area (Å²) in [6.07, 6.45) is 8.44. The van der Waals surface area contributed by atoms with Crippen molar-refractivity contribution in [1.82, 2.24) is 5.32 Å². The first-order valence-electron chi connectivity index (χ1n) is 9.32. The molecule has 2 heterocycles. The van der Waals surface area contributed by atoms with E-state index in [1.165, 1.54) is 43.2 Å². The third kappa shape index (κ3) is 2.88. The van der Waals surface area contributed by atoms with Crippen LogP contribution in [0.5, 0.6) is 0 Å². The molecular weight excluding hydrogens is 332 g/mol. The van der Waals surface area contributed by atoms with Gasteiger partial charge in [0, 0.05) is 17.2 Å². The Balaban J connectivity index is 1.42. The summed E-state index contributed by atoms with van der Waals surface area (Å²) in [4.78, 5) is 16.8. The Hall–Kier alpha value is -1.75. The molecule has 1 aliphatic heterocycles. The third-order valence-electron chi connectivity index (χ3n) is 5.73. The van der Waals surface area contributed by atoms with Gasteiger partial charge in [-0.05, 0) is 60.9 Å². The van der Waals surface area contributed by atoms with Gasteiger partial charge in [-0.15, -0.1) is 0 Å². The van der Waals surface area contributed by atoms with Crippen LogP contribution in [0.3, 0.4) is 0 Å². The summed E-state index contributed by atoms with van der Waals surface area (Å²) >= 11 is 1.72. The molecule has 0 spiro atoms. The van der Waals surface area contributed by atoms with Crippen molar-refractivity contribution < 1.29 is 4.42 Å². The smallest absolute Gasteiger partial charge is 0.336 e. The van der Waals surface area contributed by atoms with E-state index in [2.05, 4.69) is 17.4 Å². The molecule has 2 aliphatic carbocycles. The van der Waals surface area contributed by atoms with E-state index in [9.17, 15) is 4.79 Å². The van der Waals surface area contributed by atoms with Crippen molar-refractivity contribution in [3.8, 4) is 0 Å². The quantitative estimate of drug-likeness (QED) is 0.834. The molecule has 2 aromatic rings. The topological polar surface area (TPSA) is 54.6 Å². The van der Waals surface area contributed by atoms with E-state index >= 15 is 0 Å². The second-order valence-electron chi connectivity index (χ2n) is 7.39. The number of aryl methyl sites for hydroxylation is 2. The highest BCUT2D eigenvalue weighted by molar-refractivity contribution is 8.13. The average molecular weight is 354 g/mol. The number of rotatable bonds is 2. The van der Waals surface area contributed by atoms with Crippen molar-refractivity contribution in [2.24, 2.45) is 4.99 Å². The fourth-order valence-corrected chi connectivity index (χ4v) is 5.40. The number of benzene rings is 1. The van der Waals surface area contributed by atoms with Gasteiger partial charge in [0.25, 0.3) is 0 Å². The number of amidine groups is 1. The van der Waals surface area contributed by atoms with E-state index in [0.29, 0.717) is 12.1 Å². The summed E-state index contributed by atoms with van der Waals surface area (Å²) in [5.74, 6) is 0.756. The zero-order valence-electron chi connectivity index (χ0n) is 14.2. The van der Waals surface area contributed by atoms with Gasteiger partial charge in [-0.1, -0.05) is 24.6 Å². The maximum Gasteiger partial charge on any atom is 0.336 e. The molecule has 3 aliphatic rings. The van der Waals surface area contributed by atoms with Crippen molar-refractivity contribution in [2.45, 2.75) is 62.8 Å². The molecule has 0 bridgehead atoms. The van der Waals surface area contributed by atoms with Gasteiger partial charge in [-0.25, -0.2) is 4.79 Å². The SMILES string of the molecule is O=c1cc(CSC2=N[C@@H]3CCCC[C@H]3N2)c2cc3c(cc2o1)CCC3. The molecule has 2 atom stereocenters. The van der Waals surface area contributed by atoms with E-state index in [4.69, 9.17) is 9.41 Å². The van der Waals surface area contributed by atoms with Gasteiger partial charge in [0.05, 0.1) is 12.1 Å². The van der Waals surface area contributed by atoms with E-state index in [1.54, 1.807) is 17.8 Å². The Morgan fingerprint density at radius 2 is 1.96 bits per heavy atom. The molecule has 4 nitrogen and oxygen atoms in total. The van der Waals surface area contributed by atoms with Gasteiger partial charge in [0.15, 0.2) is 5.17 Å². The van der Waals surface area contributed by atoms with Crippen LogP contribution in [0.1, 0.15) is 48.8 Å². The molecule has 0 amide bonds. The maximum atomic E-state index is 12.0. The van der Waals surface area contributed by atoms with Crippen molar-refractivity contribution in [1.29, 1.82) is 0 Å². The first-order chi connectivity index (χ1) is 12.3. The highest BCUT2D eigenvalue weighted by atomic mass is 32.2. The minimum absolute atomic E-state index is 0.254. The highest BCUT2D eigenvalue weighted by Gasteiger charge is 2.30. The number of hydrogen-bond acceptors (Lipinski definition) is 5. The van der Waals surface area contributed by atoms with Crippen molar-refractivity contribution in [3.05, 3.63) is 45.3 Å². The number of fused-ring (bicyclic) bond motifs is 3. The summed E-state index contributed by atoms with van der Waals surface area (Å²) in [5, 5.41) is 5.71. The highest BCUT2D eigenvalue weighted by Crippen LogP contribution is 2.31. The van der Waals surface area contributed by atoms with Gasteiger partial charge < -0.3 is 9.73 Å². The second-order valence-corrected chi connectivity index (χ2v) is 8.35. The molecule has 5 heteroatoms. The van der Waals surface area contributed by atoms with Crippen LogP contribution in [0.25, 0.3) is 11.0 Å². The van der Waals surface area contributed by atoms with Crippen LogP contribution in [-0.2, 0) is 18.6 Å². The minimum Gasteiger partial charge on any atom is -0.423 e. The van der Waals surface area contributed by atoms with Crippen LogP contribution in [-0.4, -0.2) is 17.3 Å². The third-order valence-corrected chi connectivity index (χ3v) is 6.68.